The summed E-state index contributed by atoms with van der Waals surface area (Å²) in [5.41, 5.74) is 3.33. The molecule has 1 heterocycles. The smallest absolute Gasteiger partial charge is 0.259 e. The van der Waals surface area contributed by atoms with Crippen molar-refractivity contribution >= 4 is 28.9 Å². The van der Waals surface area contributed by atoms with Crippen molar-refractivity contribution in [1.82, 2.24) is 10.3 Å². The van der Waals surface area contributed by atoms with Crippen LogP contribution in [0.5, 0.6) is 0 Å². The van der Waals surface area contributed by atoms with Crippen LogP contribution in [0.25, 0.3) is 5.57 Å². The van der Waals surface area contributed by atoms with Crippen LogP contribution in [0.4, 0.5) is 5.82 Å². The number of benzene rings is 1. The number of amides is 2. The monoisotopic (exact) mass is 457 g/mol. The molecule has 0 radical (unpaired) electrons. The molecule has 0 fully saturated rings. The number of carbonyl (C=O) groups is 2. The molecule has 0 aliphatic heterocycles. The molecule has 0 atom stereocenters. The number of hydrogen-bond donors (Lipinski definition) is 2. The van der Waals surface area contributed by atoms with Gasteiger partial charge in [-0.3, -0.25) is 19.5 Å². The topological polar surface area (TPSA) is 119 Å². The highest BCUT2D eigenvalue weighted by molar-refractivity contribution is 6.31. The number of nitrogens with one attached hydrogen (secondary N) is 1. The van der Waals surface area contributed by atoms with E-state index in [0.717, 1.165) is 11.1 Å². The van der Waals surface area contributed by atoms with E-state index >= 15 is 0 Å². The molecule has 2 N–H and O–H groups in total. The molecule has 8 heteroatoms. The fraction of sp³-hybridized carbons (Fsp3) is 0.192. The number of pyridine rings is 1. The second kappa shape index (κ2) is 12.6. The third-order valence-corrected chi connectivity index (χ3v) is 4.95. The van der Waals surface area contributed by atoms with E-state index in [1.54, 1.807) is 56.6 Å². The van der Waals surface area contributed by atoms with E-state index in [0.29, 0.717) is 28.2 Å². The zero-order valence-electron chi connectivity index (χ0n) is 19.4. The van der Waals surface area contributed by atoms with Gasteiger partial charge in [0.15, 0.2) is 0 Å². The van der Waals surface area contributed by atoms with Crippen molar-refractivity contribution in [3.05, 3.63) is 89.7 Å². The van der Waals surface area contributed by atoms with Gasteiger partial charge in [0, 0.05) is 43.5 Å². The normalized spacial score (nSPS) is 12.0. The Morgan fingerprint density at radius 2 is 1.91 bits per heavy atom. The number of nitrogens with zero attached hydrogens (tertiary/aromatic N) is 4. The Morgan fingerprint density at radius 1 is 1.24 bits per heavy atom. The van der Waals surface area contributed by atoms with E-state index < -0.39 is 0 Å². The molecule has 174 valence electrons. The molecular weight excluding hydrogens is 430 g/mol. The summed E-state index contributed by atoms with van der Waals surface area (Å²) in [4.78, 5) is 35.0. The Labute approximate surface area is 199 Å². The van der Waals surface area contributed by atoms with Crippen LogP contribution < -0.4 is 10.2 Å². The minimum absolute atomic E-state index is 0.129. The molecule has 0 saturated heterocycles. The van der Waals surface area contributed by atoms with E-state index in [1.807, 2.05) is 19.1 Å². The number of aromatic nitrogens is 1. The molecule has 0 bridgehead atoms. The van der Waals surface area contributed by atoms with Crippen molar-refractivity contribution in [1.29, 1.82) is 5.26 Å². The van der Waals surface area contributed by atoms with Crippen molar-refractivity contribution < 1.29 is 14.7 Å². The van der Waals surface area contributed by atoms with Gasteiger partial charge in [-0.05, 0) is 42.8 Å². The number of aliphatic hydroxyl groups is 1. The lowest BCUT2D eigenvalue weighted by Crippen LogP contribution is -2.28. The lowest BCUT2D eigenvalue weighted by molar-refractivity contribution is -0.114. The highest BCUT2D eigenvalue weighted by Gasteiger charge is 2.17. The van der Waals surface area contributed by atoms with Crippen LogP contribution in [-0.4, -0.2) is 54.9 Å². The molecule has 2 rings (SSSR count). The largest absolute Gasteiger partial charge is 0.395 e. The molecule has 8 nitrogen and oxygen atoms in total. The minimum Gasteiger partial charge on any atom is -0.395 e. The summed E-state index contributed by atoms with van der Waals surface area (Å²) in [5.74, 6) is -0.210. The van der Waals surface area contributed by atoms with Gasteiger partial charge in [0.2, 0.25) is 0 Å². The minimum atomic E-state index is -0.334. The fourth-order valence-corrected chi connectivity index (χ4v) is 3.10. The first kappa shape index (κ1) is 25.9. The van der Waals surface area contributed by atoms with Gasteiger partial charge >= 0.3 is 0 Å². The van der Waals surface area contributed by atoms with Gasteiger partial charge in [0.1, 0.15) is 11.9 Å². The zero-order valence-corrected chi connectivity index (χ0v) is 19.4. The Kier molecular flexibility index (Phi) is 9.62. The standard InChI is InChI=1S/C26H27N5O3/c1-5-19(26(34)31(4)24-12-7-18(16-27)17-30-24)15-23(28-3)22(6-2)20-8-10-21(11-9-20)25(33)29-13-14-32/h5-12,15,17,32H,1,13-14H2,2-4H3,(H,29,33)/b19-15+,22-6-,28-23?. The average Bonchev–Trinajstić information content (AvgIpc) is 2.89. The summed E-state index contributed by atoms with van der Waals surface area (Å²) >= 11 is 0. The summed E-state index contributed by atoms with van der Waals surface area (Å²) < 4.78 is 0. The predicted molar refractivity (Wildman–Crippen MR) is 134 cm³/mol. The van der Waals surface area contributed by atoms with Gasteiger partial charge in [-0.2, -0.15) is 5.26 Å². The van der Waals surface area contributed by atoms with Gasteiger partial charge in [0.25, 0.3) is 11.8 Å². The highest BCUT2D eigenvalue weighted by atomic mass is 16.3. The summed E-state index contributed by atoms with van der Waals surface area (Å²) in [6.45, 7) is 5.68. The first-order valence-electron chi connectivity index (χ1n) is 10.5. The van der Waals surface area contributed by atoms with Gasteiger partial charge in [-0.15, -0.1) is 0 Å². The van der Waals surface area contributed by atoms with Crippen LogP contribution >= 0.6 is 0 Å². The van der Waals surface area contributed by atoms with Crippen LogP contribution in [0.2, 0.25) is 0 Å². The number of aliphatic hydroxyl groups excluding tert-OH is 1. The van der Waals surface area contributed by atoms with Gasteiger partial charge in [0.05, 0.1) is 17.9 Å². The van der Waals surface area contributed by atoms with Crippen molar-refractivity contribution in [3.63, 3.8) is 0 Å². The van der Waals surface area contributed by atoms with Gasteiger partial charge < -0.3 is 10.4 Å². The lowest BCUT2D eigenvalue weighted by Gasteiger charge is -2.17. The molecule has 2 aromatic rings. The number of likely N-dealkylation sites (N-methyl/N-ethyl adjacent to an activating group) is 1. The van der Waals surface area contributed by atoms with Crippen molar-refractivity contribution in [2.24, 2.45) is 4.99 Å². The number of aliphatic imine (C=N–C) groups is 1. The average molecular weight is 458 g/mol. The predicted octanol–water partition coefficient (Wildman–Crippen LogP) is 2.92. The first-order valence-corrected chi connectivity index (χ1v) is 10.5. The van der Waals surface area contributed by atoms with Gasteiger partial charge in [-0.1, -0.05) is 30.9 Å². The molecule has 2 amide bonds. The number of nitriles is 1. The number of carbonyl (C=O) groups excluding carboxylic acids is 2. The molecule has 0 aliphatic rings. The van der Waals surface area contributed by atoms with Crippen LogP contribution in [0.15, 0.2) is 78.0 Å². The Bertz CT molecular complexity index is 1170. The highest BCUT2D eigenvalue weighted by Crippen LogP contribution is 2.20. The molecule has 1 aromatic heterocycles. The van der Waals surface area contributed by atoms with Crippen molar-refractivity contribution in [2.45, 2.75) is 6.92 Å². The number of rotatable bonds is 9. The maximum atomic E-state index is 13.1. The van der Waals surface area contributed by atoms with E-state index in [4.69, 9.17) is 10.4 Å². The summed E-state index contributed by atoms with van der Waals surface area (Å²) in [6, 6.07) is 12.2. The Hall–Kier alpha value is -4.35. The second-order valence-corrected chi connectivity index (χ2v) is 7.05. The van der Waals surface area contributed by atoms with E-state index in [9.17, 15) is 9.59 Å². The van der Waals surface area contributed by atoms with Crippen LogP contribution in [0, 0.1) is 11.3 Å². The molecule has 0 aliphatic carbocycles. The van der Waals surface area contributed by atoms with Crippen LogP contribution in [0.3, 0.4) is 0 Å². The molecule has 0 unspecified atom stereocenters. The maximum absolute atomic E-state index is 13.1. The van der Waals surface area contributed by atoms with E-state index in [-0.39, 0.29) is 25.0 Å². The van der Waals surface area contributed by atoms with Crippen molar-refractivity contribution in [2.75, 3.05) is 32.1 Å². The molecule has 0 saturated carbocycles. The van der Waals surface area contributed by atoms with E-state index in [2.05, 4.69) is 21.9 Å². The summed E-state index contributed by atoms with van der Waals surface area (Å²) in [5, 5.41) is 20.4. The van der Waals surface area contributed by atoms with Crippen molar-refractivity contribution in [3.8, 4) is 6.07 Å². The summed E-state index contributed by atoms with van der Waals surface area (Å²) in [7, 11) is 3.22. The quantitative estimate of drug-likeness (QED) is 0.341. The third kappa shape index (κ3) is 6.34. The molecular formula is C26H27N5O3. The number of anilines is 1. The zero-order chi connectivity index (χ0) is 25.1. The third-order valence-electron chi connectivity index (χ3n) is 4.95. The summed E-state index contributed by atoms with van der Waals surface area (Å²) in [6.07, 6.45) is 6.37. The molecule has 34 heavy (non-hydrogen) atoms. The fourth-order valence-electron chi connectivity index (χ4n) is 3.10. The van der Waals surface area contributed by atoms with E-state index in [1.165, 1.54) is 17.2 Å². The lowest BCUT2D eigenvalue weighted by atomic mass is 9.97. The van der Waals surface area contributed by atoms with Crippen LogP contribution in [0.1, 0.15) is 28.4 Å². The number of hydrogen-bond acceptors (Lipinski definition) is 6. The number of allylic oxidation sites excluding steroid dienone is 3. The second-order valence-electron chi connectivity index (χ2n) is 7.05. The van der Waals surface area contributed by atoms with Gasteiger partial charge in [-0.25, -0.2) is 4.98 Å². The Morgan fingerprint density at radius 3 is 2.41 bits per heavy atom. The first-order chi connectivity index (χ1) is 16.4. The Balaban J connectivity index is 2.30. The molecule has 1 aromatic carbocycles. The molecule has 0 spiro atoms. The van der Waals surface area contributed by atoms with Crippen LogP contribution in [-0.2, 0) is 4.79 Å². The SMILES string of the molecule is C=C/C(=C\C(=NC)/C(=C\C)c1ccc(C(=O)NCCO)cc1)C(=O)N(C)c1ccc(C#N)cn1. The maximum Gasteiger partial charge on any atom is 0.259 e.